The number of amides is 1. The SMILES string of the molecule is CC(C)(CN1CCCC1)n1cc(N)nc1C(F)(F)F.CCCC(NC(=O)Cc1cc(F)cc(F)c1)C(=O)O. The van der Waals surface area contributed by atoms with Gasteiger partial charge in [0.05, 0.1) is 12.0 Å². The highest BCUT2D eigenvalue weighted by molar-refractivity contribution is 5.84. The average Bonchev–Trinajstić information content (AvgIpc) is 3.42. The van der Waals surface area contributed by atoms with Gasteiger partial charge in [-0.3, -0.25) is 4.79 Å². The summed E-state index contributed by atoms with van der Waals surface area (Å²) in [6.07, 6.45) is -0.353. The lowest BCUT2D eigenvalue weighted by Crippen LogP contribution is -2.41. The number of hydrogen-bond acceptors (Lipinski definition) is 5. The first kappa shape index (κ1) is 31.0. The second-order valence-corrected chi connectivity index (χ2v) is 9.85. The number of nitrogen functional groups attached to an aromatic ring is 1. The van der Waals surface area contributed by atoms with Gasteiger partial charge in [0.25, 0.3) is 0 Å². The summed E-state index contributed by atoms with van der Waals surface area (Å²) in [6, 6.07) is 1.81. The van der Waals surface area contributed by atoms with Crippen LogP contribution in [0.4, 0.5) is 27.8 Å². The predicted octanol–water partition coefficient (Wildman–Crippen LogP) is 4.19. The standard InChI is InChI=1S/C13H15F2NO3.C12H19F3N4/c1-2-3-11(13(18)19)16-12(17)6-8-4-9(14)7-10(15)5-8;1-11(2,8-18-5-3-4-6-18)19-7-9(16)17-10(19)12(13,14)15/h4-5,7,11H,2-3,6H2,1H3,(H,16,17)(H,18,19);7H,3-6,8,16H2,1-2H3. The van der Waals surface area contributed by atoms with E-state index in [9.17, 15) is 31.5 Å². The maximum Gasteiger partial charge on any atom is 0.449 e. The molecule has 1 aromatic carbocycles. The zero-order chi connectivity index (χ0) is 28.7. The van der Waals surface area contributed by atoms with Crippen LogP contribution in [0, 0.1) is 11.6 Å². The summed E-state index contributed by atoms with van der Waals surface area (Å²) < 4.78 is 65.9. The molecule has 13 heteroatoms. The van der Waals surface area contributed by atoms with Crippen molar-refractivity contribution in [3.63, 3.8) is 0 Å². The van der Waals surface area contributed by atoms with E-state index in [1.807, 2.05) is 0 Å². The first-order valence-corrected chi connectivity index (χ1v) is 12.2. The predicted molar refractivity (Wildman–Crippen MR) is 131 cm³/mol. The Labute approximate surface area is 218 Å². The summed E-state index contributed by atoms with van der Waals surface area (Å²) in [7, 11) is 0. The number of alkyl halides is 3. The number of benzene rings is 1. The van der Waals surface area contributed by atoms with Crippen LogP contribution in [0.2, 0.25) is 0 Å². The first-order valence-electron chi connectivity index (χ1n) is 12.2. The first-order chi connectivity index (χ1) is 17.6. The van der Waals surface area contributed by atoms with Crippen LogP contribution in [0.15, 0.2) is 24.4 Å². The number of aromatic nitrogens is 2. The van der Waals surface area contributed by atoms with E-state index in [0.29, 0.717) is 25.5 Å². The molecule has 0 bridgehead atoms. The fourth-order valence-electron chi connectivity index (χ4n) is 4.31. The Morgan fingerprint density at radius 3 is 2.21 bits per heavy atom. The Balaban J connectivity index is 0.000000267. The van der Waals surface area contributed by atoms with E-state index < -0.39 is 47.1 Å². The Bertz CT molecular complexity index is 1080. The van der Waals surface area contributed by atoms with Gasteiger partial charge in [0.2, 0.25) is 11.7 Å². The van der Waals surface area contributed by atoms with Crippen molar-refractivity contribution in [2.75, 3.05) is 25.4 Å². The summed E-state index contributed by atoms with van der Waals surface area (Å²) in [5.41, 5.74) is 4.90. The van der Waals surface area contributed by atoms with Crippen LogP contribution < -0.4 is 11.1 Å². The summed E-state index contributed by atoms with van der Waals surface area (Å²) in [5.74, 6) is -4.26. The van der Waals surface area contributed by atoms with Gasteiger partial charge in [-0.1, -0.05) is 13.3 Å². The van der Waals surface area contributed by atoms with E-state index in [2.05, 4.69) is 15.2 Å². The van der Waals surface area contributed by atoms with Crippen molar-refractivity contribution < 1.29 is 36.6 Å². The van der Waals surface area contributed by atoms with E-state index in [-0.39, 0.29) is 17.8 Å². The van der Waals surface area contributed by atoms with E-state index >= 15 is 0 Å². The molecule has 1 aromatic heterocycles. The van der Waals surface area contributed by atoms with Crippen LogP contribution in [-0.2, 0) is 27.7 Å². The van der Waals surface area contributed by atoms with E-state index in [0.717, 1.165) is 42.6 Å². The number of carbonyl (C=O) groups is 2. The Kier molecular flexibility index (Phi) is 10.6. The lowest BCUT2D eigenvalue weighted by Gasteiger charge is -2.33. The second kappa shape index (κ2) is 13.0. The number of imidazole rings is 1. The van der Waals surface area contributed by atoms with Gasteiger partial charge in [-0.2, -0.15) is 13.2 Å². The number of carbonyl (C=O) groups excluding carboxylic acids is 1. The van der Waals surface area contributed by atoms with Gasteiger partial charge in [-0.15, -0.1) is 0 Å². The van der Waals surface area contributed by atoms with Crippen molar-refractivity contribution in [2.45, 2.75) is 70.6 Å². The maximum atomic E-state index is 13.0. The van der Waals surface area contributed by atoms with Crippen molar-refractivity contribution in [1.29, 1.82) is 0 Å². The topological polar surface area (TPSA) is 113 Å². The minimum Gasteiger partial charge on any atom is -0.480 e. The second-order valence-electron chi connectivity index (χ2n) is 9.85. The minimum atomic E-state index is -4.49. The molecule has 1 saturated heterocycles. The smallest absolute Gasteiger partial charge is 0.449 e. The van der Waals surface area contributed by atoms with Crippen LogP contribution >= 0.6 is 0 Å². The minimum absolute atomic E-state index is 0.0955. The largest absolute Gasteiger partial charge is 0.480 e. The van der Waals surface area contributed by atoms with Crippen LogP contribution in [0.1, 0.15) is 57.8 Å². The lowest BCUT2D eigenvalue weighted by atomic mass is 10.0. The molecule has 0 aliphatic carbocycles. The van der Waals surface area contributed by atoms with Gasteiger partial charge in [0, 0.05) is 18.8 Å². The van der Waals surface area contributed by atoms with Gasteiger partial charge in [0.1, 0.15) is 23.5 Å². The van der Waals surface area contributed by atoms with Crippen LogP contribution in [-0.4, -0.2) is 57.1 Å². The summed E-state index contributed by atoms with van der Waals surface area (Å²) >= 11 is 0. The number of likely N-dealkylation sites (tertiary alicyclic amines) is 1. The Hall–Kier alpha value is -3.22. The Morgan fingerprint density at radius 1 is 1.13 bits per heavy atom. The molecule has 4 N–H and O–H groups in total. The zero-order valence-electron chi connectivity index (χ0n) is 21.6. The molecule has 2 heterocycles. The molecule has 212 valence electrons. The number of carboxylic acids is 1. The molecule has 1 amide bonds. The van der Waals surface area contributed by atoms with Crippen molar-refractivity contribution in [3.8, 4) is 0 Å². The van der Waals surface area contributed by atoms with Crippen molar-refractivity contribution in [3.05, 3.63) is 47.4 Å². The lowest BCUT2D eigenvalue weighted by molar-refractivity contribution is -0.149. The number of halogens is 5. The number of hydrogen-bond donors (Lipinski definition) is 3. The molecule has 3 rings (SSSR count). The van der Waals surface area contributed by atoms with Crippen molar-refractivity contribution >= 4 is 17.7 Å². The average molecular weight is 548 g/mol. The van der Waals surface area contributed by atoms with E-state index in [4.69, 9.17) is 10.8 Å². The van der Waals surface area contributed by atoms with Gasteiger partial charge >= 0.3 is 12.1 Å². The van der Waals surface area contributed by atoms with Gasteiger partial charge in [-0.25, -0.2) is 18.6 Å². The number of aliphatic carboxylic acids is 1. The molecule has 2 aromatic rings. The molecule has 1 unspecified atom stereocenters. The number of nitrogens with one attached hydrogen (secondary N) is 1. The normalized spacial score (nSPS) is 15.1. The molecule has 0 spiro atoms. The number of carboxylic acid groups (broad SMARTS) is 1. The van der Waals surface area contributed by atoms with Gasteiger partial charge in [0.15, 0.2) is 0 Å². The molecular weight excluding hydrogens is 513 g/mol. The number of anilines is 1. The Morgan fingerprint density at radius 2 is 1.71 bits per heavy atom. The summed E-state index contributed by atoms with van der Waals surface area (Å²) in [4.78, 5) is 28.1. The third kappa shape index (κ3) is 9.26. The fourth-order valence-corrected chi connectivity index (χ4v) is 4.31. The third-order valence-electron chi connectivity index (χ3n) is 5.94. The van der Waals surface area contributed by atoms with Crippen LogP contribution in [0.5, 0.6) is 0 Å². The summed E-state index contributed by atoms with van der Waals surface area (Å²) in [6.45, 7) is 7.79. The fraction of sp³-hybridized carbons (Fsp3) is 0.560. The highest BCUT2D eigenvalue weighted by atomic mass is 19.4. The maximum absolute atomic E-state index is 13.0. The van der Waals surface area contributed by atoms with Crippen LogP contribution in [0.3, 0.4) is 0 Å². The van der Waals surface area contributed by atoms with Crippen molar-refractivity contribution in [2.24, 2.45) is 0 Å². The van der Waals surface area contributed by atoms with Gasteiger partial charge < -0.3 is 25.6 Å². The monoisotopic (exact) mass is 547 g/mol. The highest BCUT2D eigenvalue weighted by Crippen LogP contribution is 2.33. The molecule has 1 aliphatic heterocycles. The molecular formula is C25H34F5N5O3. The molecule has 1 aliphatic rings. The van der Waals surface area contributed by atoms with Crippen molar-refractivity contribution in [1.82, 2.24) is 19.8 Å². The molecule has 38 heavy (non-hydrogen) atoms. The van der Waals surface area contributed by atoms with E-state index in [1.165, 1.54) is 6.20 Å². The molecule has 0 radical (unpaired) electrons. The number of nitrogens with zero attached hydrogens (tertiary/aromatic N) is 3. The third-order valence-corrected chi connectivity index (χ3v) is 5.94. The number of nitrogens with two attached hydrogens (primary N) is 1. The van der Waals surface area contributed by atoms with Crippen LogP contribution in [0.25, 0.3) is 0 Å². The molecule has 0 saturated carbocycles. The summed E-state index contributed by atoms with van der Waals surface area (Å²) in [5, 5.41) is 11.2. The highest BCUT2D eigenvalue weighted by Gasteiger charge is 2.41. The molecule has 1 fully saturated rings. The van der Waals surface area contributed by atoms with E-state index in [1.54, 1.807) is 20.8 Å². The molecule has 8 nitrogen and oxygen atoms in total. The van der Waals surface area contributed by atoms with Gasteiger partial charge in [-0.05, 0) is 63.9 Å². The number of rotatable bonds is 9. The zero-order valence-corrected chi connectivity index (χ0v) is 21.6. The quantitative estimate of drug-likeness (QED) is 0.406. The molecule has 1 atom stereocenters.